The molecule has 1 aliphatic rings. The van der Waals surface area contributed by atoms with Gasteiger partial charge in [0.05, 0.1) is 12.1 Å². The molecule has 0 aliphatic heterocycles. The second-order valence-corrected chi connectivity index (χ2v) is 4.41. The molecule has 71 valence electrons. The fourth-order valence-corrected chi connectivity index (χ4v) is 1.95. The van der Waals surface area contributed by atoms with Gasteiger partial charge in [-0.25, -0.2) is 5.32 Å². The van der Waals surface area contributed by atoms with Crippen LogP contribution in [-0.2, 0) is 0 Å². The van der Waals surface area contributed by atoms with E-state index in [0.29, 0.717) is 12.5 Å². The van der Waals surface area contributed by atoms with Gasteiger partial charge in [0.2, 0.25) is 0 Å². The Morgan fingerprint density at radius 2 is 2.08 bits per heavy atom. The highest BCUT2D eigenvalue weighted by Gasteiger charge is 2.28. The lowest BCUT2D eigenvalue weighted by atomic mass is 9.92. The highest BCUT2D eigenvalue weighted by atomic mass is 35.5. The van der Waals surface area contributed by atoms with Crippen LogP contribution in [0.25, 0.3) is 0 Å². The smallest absolute Gasteiger partial charge is 0.0723 e. The maximum absolute atomic E-state index is 9.61. The molecular weight excluding hydrogens is 174 g/mol. The zero-order chi connectivity index (χ0) is 9.14. The topological polar surface area (TPSA) is 34.3 Å². The molecule has 1 unspecified atom stereocenters. The fourth-order valence-electron chi connectivity index (χ4n) is 1.64. The molecule has 2 nitrogen and oxygen atoms in total. The summed E-state index contributed by atoms with van der Waals surface area (Å²) in [6, 6.07) is 0.441. The van der Waals surface area contributed by atoms with Gasteiger partial charge in [0.15, 0.2) is 0 Å². The van der Waals surface area contributed by atoms with Crippen molar-refractivity contribution in [1.29, 1.82) is 0 Å². The predicted octanol–water partition coefficient (Wildman–Crippen LogP) is 1.52. The van der Waals surface area contributed by atoms with Crippen molar-refractivity contribution in [1.82, 2.24) is 5.32 Å². The molecule has 0 aromatic heterocycles. The molecule has 1 fully saturated rings. The van der Waals surface area contributed by atoms with E-state index in [9.17, 15) is 5.11 Å². The van der Waals surface area contributed by atoms with E-state index in [0.717, 1.165) is 12.8 Å². The SMILES string of the molecule is CC(C)[N][C@@H]1CCC(Cl)C[C@H]1O. The molecule has 3 heteroatoms. The quantitative estimate of drug-likeness (QED) is 0.659. The van der Waals surface area contributed by atoms with Crippen LogP contribution in [0.4, 0.5) is 0 Å². The average Bonchev–Trinajstić information content (AvgIpc) is 1.94. The number of hydrogen-bond acceptors (Lipinski definition) is 1. The lowest BCUT2D eigenvalue weighted by molar-refractivity contribution is 0.0867. The van der Waals surface area contributed by atoms with Gasteiger partial charge in [-0.05, 0) is 33.1 Å². The van der Waals surface area contributed by atoms with Crippen LogP contribution in [0.2, 0.25) is 0 Å². The van der Waals surface area contributed by atoms with E-state index in [1.165, 1.54) is 0 Å². The number of hydrogen-bond donors (Lipinski definition) is 1. The molecule has 1 aliphatic carbocycles. The Morgan fingerprint density at radius 1 is 1.42 bits per heavy atom. The van der Waals surface area contributed by atoms with Gasteiger partial charge < -0.3 is 5.11 Å². The summed E-state index contributed by atoms with van der Waals surface area (Å²) in [5.74, 6) is 0. The van der Waals surface area contributed by atoms with Crippen LogP contribution in [0.3, 0.4) is 0 Å². The minimum Gasteiger partial charge on any atom is -0.391 e. The van der Waals surface area contributed by atoms with E-state index in [-0.39, 0.29) is 17.5 Å². The van der Waals surface area contributed by atoms with Crippen molar-refractivity contribution in [2.75, 3.05) is 0 Å². The average molecular weight is 191 g/mol. The van der Waals surface area contributed by atoms with Crippen molar-refractivity contribution in [2.24, 2.45) is 0 Å². The Balaban J connectivity index is 2.34. The van der Waals surface area contributed by atoms with Gasteiger partial charge in [-0.2, -0.15) is 0 Å². The fraction of sp³-hybridized carbons (Fsp3) is 1.00. The van der Waals surface area contributed by atoms with Crippen LogP contribution in [0, 0.1) is 0 Å². The largest absolute Gasteiger partial charge is 0.391 e. The standard InChI is InChI=1S/C9H17ClNO/c1-6(2)11-8-4-3-7(10)5-9(8)12/h6-9,12H,3-5H2,1-2H3/t7?,8-,9-/m1/s1. The lowest BCUT2D eigenvalue weighted by Gasteiger charge is -2.31. The Bertz CT molecular complexity index is 140. The highest BCUT2D eigenvalue weighted by Crippen LogP contribution is 2.24. The van der Waals surface area contributed by atoms with Crippen LogP contribution in [0.15, 0.2) is 0 Å². The molecule has 1 rings (SSSR count). The molecule has 1 saturated carbocycles. The molecule has 0 aromatic rings. The van der Waals surface area contributed by atoms with Crippen LogP contribution < -0.4 is 5.32 Å². The third kappa shape index (κ3) is 2.92. The Labute approximate surface area is 79.3 Å². The molecule has 12 heavy (non-hydrogen) atoms. The Morgan fingerprint density at radius 3 is 2.58 bits per heavy atom. The first-order valence-electron chi connectivity index (χ1n) is 4.61. The first kappa shape index (κ1) is 10.3. The van der Waals surface area contributed by atoms with Crippen molar-refractivity contribution < 1.29 is 5.11 Å². The maximum Gasteiger partial charge on any atom is 0.0723 e. The monoisotopic (exact) mass is 190 g/mol. The number of aliphatic hydroxyl groups is 1. The summed E-state index contributed by atoms with van der Waals surface area (Å²) in [6.07, 6.45) is 2.30. The van der Waals surface area contributed by atoms with E-state index in [1.807, 2.05) is 13.8 Å². The zero-order valence-electron chi connectivity index (χ0n) is 7.70. The minimum atomic E-state index is -0.316. The summed E-state index contributed by atoms with van der Waals surface area (Å²) in [4.78, 5) is 0. The van der Waals surface area contributed by atoms with E-state index < -0.39 is 0 Å². The van der Waals surface area contributed by atoms with E-state index >= 15 is 0 Å². The molecule has 0 spiro atoms. The third-order valence-corrected chi connectivity index (χ3v) is 2.60. The Hall–Kier alpha value is 0.210. The van der Waals surface area contributed by atoms with Crippen LogP contribution in [0.5, 0.6) is 0 Å². The number of aliphatic hydroxyl groups excluding tert-OH is 1. The Kier molecular flexibility index (Phi) is 3.81. The molecule has 0 amide bonds. The normalized spacial score (nSPS) is 37.2. The summed E-state index contributed by atoms with van der Waals surface area (Å²) in [6.45, 7) is 4.08. The van der Waals surface area contributed by atoms with Crippen molar-refractivity contribution in [2.45, 2.75) is 56.7 Å². The minimum absolute atomic E-state index is 0.125. The second kappa shape index (κ2) is 4.45. The number of halogens is 1. The summed E-state index contributed by atoms with van der Waals surface area (Å²) in [7, 11) is 0. The first-order valence-corrected chi connectivity index (χ1v) is 5.05. The summed E-state index contributed by atoms with van der Waals surface area (Å²) >= 11 is 5.91. The first-order chi connectivity index (χ1) is 5.59. The third-order valence-electron chi connectivity index (χ3n) is 2.21. The second-order valence-electron chi connectivity index (χ2n) is 3.79. The van der Waals surface area contributed by atoms with Crippen molar-refractivity contribution in [3.8, 4) is 0 Å². The van der Waals surface area contributed by atoms with Crippen molar-refractivity contribution in [3.63, 3.8) is 0 Å². The van der Waals surface area contributed by atoms with Gasteiger partial charge in [-0.1, -0.05) is 0 Å². The van der Waals surface area contributed by atoms with Gasteiger partial charge >= 0.3 is 0 Å². The predicted molar refractivity (Wildman–Crippen MR) is 50.6 cm³/mol. The van der Waals surface area contributed by atoms with Gasteiger partial charge in [-0.15, -0.1) is 11.6 Å². The molecule has 1 radical (unpaired) electrons. The summed E-state index contributed by atoms with van der Waals surface area (Å²) < 4.78 is 0. The van der Waals surface area contributed by atoms with Gasteiger partial charge in [0.1, 0.15) is 0 Å². The van der Waals surface area contributed by atoms with Gasteiger partial charge in [0, 0.05) is 11.4 Å². The molecule has 0 aromatic carbocycles. The van der Waals surface area contributed by atoms with E-state index in [1.54, 1.807) is 0 Å². The van der Waals surface area contributed by atoms with E-state index in [4.69, 9.17) is 11.6 Å². The molecule has 0 bridgehead atoms. The zero-order valence-corrected chi connectivity index (χ0v) is 8.46. The molecular formula is C9H17ClNO. The maximum atomic E-state index is 9.61. The number of alkyl halides is 1. The van der Waals surface area contributed by atoms with Gasteiger partial charge in [0.25, 0.3) is 0 Å². The van der Waals surface area contributed by atoms with E-state index in [2.05, 4.69) is 5.32 Å². The molecule has 3 atom stereocenters. The number of rotatable bonds is 2. The van der Waals surface area contributed by atoms with Crippen molar-refractivity contribution >= 4 is 11.6 Å². The lowest BCUT2D eigenvalue weighted by Crippen LogP contribution is -2.42. The summed E-state index contributed by atoms with van der Waals surface area (Å²) in [5.41, 5.74) is 0. The number of nitrogens with zero attached hydrogens (tertiary/aromatic N) is 1. The van der Waals surface area contributed by atoms with Crippen LogP contribution in [0.1, 0.15) is 33.1 Å². The van der Waals surface area contributed by atoms with Crippen LogP contribution >= 0.6 is 11.6 Å². The van der Waals surface area contributed by atoms with Crippen LogP contribution in [-0.4, -0.2) is 28.7 Å². The summed E-state index contributed by atoms with van der Waals surface area (Å²) in [5, 5.41) is 14.2. The van der Waals surface area contributed by atoms with Gasteiger partial charge in [-0.3, -0.25) is 0 Å². The molecule has 0 heterocycles. The van der Waals surface area contributed by atoms with Crippen molar-refractivity contribution in [3.05, 3.63) is 0 Å². The molecule has 1 N–H and O–H groups in total. The molecule has 0 saturated heterocycles. The highest BCUT2D eigenvalue weighted by molar-refractivity contribution is 6.20.